The summed E-state index contributed by atoms with van der Waals surface area (Å²) in [7, 11) is 0. The van der Waals surface area contributed by atoms with Crippen molar-refractivity contribution >= 4 is 23.2 Å². The summed E-state index contributed by atoms with van der Waals surface area (Å²) in [6, 6.07) is 5.99. The topological polar surface area (TPSA) is 62.3 Å². The summed E-state index contributed by atoms with van der Waals surface area (Å²) < 4.78 is 0. The molecule has 0 radical (unpaired) electrons. The molecule has 0 bridgehead atoms. The van der Waals surface area contributed by atoms with Crippen LogP contribution in [0.4, 0.5) is 0 Å². The normalized spacial score (nSPS) is 19.1. The molecule has 0 saturated carbocycles. The monoisotopic (exact) mass is 397 g/mol. The molecule has 148 valence electrons. The van der Waals surface area contributed by atoms with Gasteiger partial charge in [-0.05, 0) is 68.2 Å². The number of amides is 2. The van der Waals surface area contributed by atoms with Crippen LogP contribution in [0.3, 0.4) is 0 Å². The molecule has 1 fully saturated rings. The highest BCUT2D eigenvalue weighted by Crippen LogP contribution is 2.33. The second-order valence-electron chi connectivity index (χ2n) is 7.75. The molecule has 1 N–H and O–H groups in total. The molecule has 2 aromatic rings. The van der Waals surface area contributed by atoms with Gasteiger partial charge in [-0.15, -0.1) is 11.3 Å². The van der Waals surface area contributed by atoms with Gasteiger partial charge in [0.15, 0.2) is 0 Å². The molecule has 1 saturated heterocycles. The lowest BCUT2D eigenvalue weighted by atomic mass is 9.87. The maximum absolute atomic E-state index is 12.8. The lowest BCUT2D eigenvalue weighted by Gasteiger charge is -2.26. The van der Waals surface area contributed by atoms with E-state index in [0.29, 0.717) is 6.54 Å². The number of aromatic nitrogens is 1. The first-order valence-corrected chi connectivity index (χ1v) is 11.1. The lowest BCUT2D eigenvalue weighted by molar-refractivity contribution is -0.125. The van der Waals surface area contributed by atoms with Crippen LogP contribution in [0.15, 0.2) is 30.6 Å². The highest BCUT2D eigenvalue weighted by molar-refractivity contribution is 7.14. The number of nitrogens with one attached hydrogen (secondary N) is 1. The van der Waals surface area contributed by atoms with Crippen LogP contribution in [0.2, 0.25) is 0 Å². The summed E-state index contributed by atoms with van der Waals surface area (Å²) in [5, 5.41) is 3.07. The number of hydrogen-bond acceptors (Lipinski definition) is 4. The van der Waals surface area contributed by atoms with Crippen LogP contribution in [0, 0.1) is 5.92 Å². The second kappa shape index (κ2) is 8.86. The zero-order valence-corrected chi connectivity index (χ0v) is 17.0. The summed E-state index contributed by atoms with van der Waals surface area (Å²) >= 11 is 1.64. The Kier molecular flexibility index (Phi) is 6.05. The van der Waals surface area contributed by atoms with Gasteiger partial charge in [-0.25, -0.2) is 0 Å². The number of carbonyl (C=O) groups is 2. The van der Waals surface area contributed by atoms with Crippen molar-refractivity contribution in [1.29, 1.82) is 0 Å². The molecule has 0 aromatic carbocycles. The van der Waals surface area contributed by atoms with Crippen molar-refractivity contribution in [2.45, 2.75) is 44.9 Å². The Labute approximate surface area is 170 Å². The third-order valence-electron chi connectivity index (χ3n) is 5.74. The van der Waals surface area contributed by atoms with Gasteiger partial charge in [-0.2, -0.15) is 0 Å². The van der Waals surface area contributed by atoms with Crippen LogP contribution in [0.1, 0.15) is 51.4 Å². The van der Waals surface area contributed by atoms with E-state index in [9.17, 15) is 9.59 Å². The first kappa shape index (κ1) is 19.1. The Balaban J connectivity index is 1.32. The van der Waals surface area contributed by atoms with Crippen LogP contribution in [0.25, 0.3) is 0 Å². The van der Waals surface area contributed by atoms with Crippen LogP contribution in [0.5, 0.6) is 0 Å². The summed E-state index contributed by atoms with van der Waals surface area (Å²) in [6.45, 7) is 2.39. The van der Waals surface area contributed by atoms with Crippen molar-refractivity contribution in [3.05, 3.63) is 51.5 Å². The molecule has 1 atom stereocenters. The predicted molar refractivity (Wildman–Crippen MR) is 111 cm³/mol. The molecular formula is C22H27N3O2S. The maximum atomic E-state index is 12.8. The number of fused-ring (bicyclic) bond motifs is 1. The number of hydrogen-bond donors (Lipinski definition) is 1. The van der Waals surface area contributed by atoms with Crippen molar-refractivity contribution in [2.75, 3.05) is 19.6 Å². The van der Waals surface area contributed by atoms with Gasteiger partial charge < -0.3 is 10.2 Å². The van der Waals surface area contributed by atoms with Gasteiger partial charge in [0, 0.05) is 42.8 Å². The maximum Gasteiger partial charge on any atom is 0.263 e. The molecule has 3 heterocycles. The molecule has 2 aromatic heterocycles. The minimum absolute atomic E-state index is 0.00828. The van der Waals surface area contributed by atoms with E-state index >= 15 is 0 Å². The van der Waals surface area contributed by atoms with E-state index in [4.69, 9.17) is 0 Å². The fourth-order valence-electron chi connectivity index (χ4n) is 4.13. The Morgan fingerprint density at radius 2 is 2.11 bits per heavy atom. The van der Waals surface area contributed by atoms with Crippen molar-refractivity contribution < 1.29 is 9.59 Å². The lowest BCUT2D eigenvalue weighted by Crippen LogP contribution is -2.35. The van der Waals surface area contributed by atoms with E-state index in [1.54, 1.807) is 17.5 Å². The highest BCUT2D eigenvalue weighted by Gasteiger charge is 2.28. The van der Waals surface area contributed by atoms with Gasteiger partial charge >= 0.3 is 0 Å². The molecule has 1 aliphatic carbocycles. The van der Waals surface area contributed by atoms with Gasteiger partial charge in [0.1, 0.15) is 0 Å². The molecule has 2 aliphatic rings. The molecule has 28 heavy (non-hydrogen) atoms. The molecule has 2 amide bonds. The zero-order valence-electron chi connectivity index (χ0n) is 16.2. The predicted octanol–water partition coefficient (Wildman–Crippen LogP) is 3.23. The van der Waals surface area contributed by atoms with E-state index < -0.39 is 0 Å². The van der Waals surface area contributed by atoms with E-state index in [0.717, 1.165) is 62.1 Å². The van der Waals surface area contributed by atoms with E-state index in [2.05, 4.69) is 10.3 Å². The molecule has 4 rings (SSSR count). The molecule has 1 aliphatic heterocycles. The number of carbonyl (C=O) groups excluding carboxylic acids is 2. The van der Waals surface area contributed by atoms with Crippen LogP contribution >= 0.6 is 11.3 Å². The number of pyridine rings is 1. The minimum Gasteiger partial charge on any atom is -0.356 e. The number of nitrogens with zero attached hydrogens (tertiary/aromatic N) is 2. The number of likely N-dealkylation sites (tertiary alicyclic amines) is 1. The second-order valence-corrected chi connectivity index (χ2v) is 8.89. The summed E-state index contributed by atoms with van der Waals surface area (Å²) in [5.41, 5.74) is 2.33. The smallest absolute Gasteiger partial charge is 0.263 e. The number of aryl methyl sites for hydroxylation is 1. The number of thiophene rings is 1. The largest absolute Gasteiger partial charge is 0.356 e. The van der Waals surface area contributed by atoms with Gasteiger partial charge in [-0.1, -0.05) is 6.07 Å². The Bertz CT molecular complexity index is 828. The summed E-state index contributed by atoms with van der Waals surface area (Å²) in [4.78, 5) is 33.6. The Morgan fingerprint density at radius 1 is 1.25 bits per heavy atom. The van der Waals surface area contributed by atoms with Gasteiger partial charge in [-0.3, -0.25) is 14.6 Å². The SMILES string of the molecule is O=C(NCCc1cccnc1)[C@H]1CCc2sc(C(=O)N3CCCCC3)cc2C1. The fraction of sp³-hybridized carbons (Fsp3) is 0.500. The molecule has 0 spiro atoms. The van der Waals surface area contributed by atoms with Crippen molar-refractivity contribution in [2.24, 2.45) is 5.92 Å². The zero-order chi connectivity index (χ0) is 19.3. The summed E-state index contributed by atoms with van der Waals surface area (Å²) in [6.07, 6.45) is 10.3. The van der Waals surface area contributed by atoms with Crippen LogP contribution in [-0.2, 0) is 24.1 Å². The minimum atomic E-state index is 0.00828. The highest BCUT2D eigenvalue weighted by atomic mass is 32.1. The summed E-state index contributed by atoms with van der Waals surface area (Å²) in [5.74, 6) is 0.315. The van der Waals surface area contributed by atoms with Crippen LogP contribution in [-0.4, -0.2) is 41.3 Å². The number of rotatable bonds is 5. The third kappa shape index (κ3) is 4.43. The van der Waals surface area contributed by atoms with Gasteiger partial charge in [0.2, 0.25) is 5.91 Å². The van der Waals surface area contributed by atoms with E-state index in [1.165, 1.54) is 16.9 Å². The van der Waals surface area contributed by atoms with Gasteiger partial charge in [0.05, 0.1) is 4.88 Å². The van der Waals surface area contributed by atoms with Crippen molar-refractivity contribution in [3.63, 3.8) is 0 Å². The molecule has 0 unspecified atom stereocenters. The van der Waals surface area contributed by atoms with Gasteiger partial charge in [0.25, 0.3) is 5.91 Å². The Morgan fingerprint density at radius 3 is 2.89 bits per heavy atom. The quantitative estimate of drug-likeness (QED) is 0.843. The third-order valence-corrected chi connectivity index (χ3v) is 6.97. The molecule has 6 heteroatoms. The van der Waals surface area contributed by atoms with Crippen molar-refractivity contribution in [1.82, 2.24) is 15.2 Å². The molecular weight excluding hydrogens is 370 g/mol. The number of piperidine rings is 1. The van der Waals surface area contributed by atoms with E-state index in [-0.39, 0.29) is 17.7 Å². The first-order chi connectivity index (χ1) is 13.7. The average molecular weight is 398 g/mol. The standard InChI is InChI=1S/C22H27N3O2S/c26-21(24-10-8-16-5-4-9-23-15-16)17-6-7-19-18(13-17)14-20(28-19)22(27)25-11-2-1-3-12-25/h4-5,9,14-15,17H,1-3,6-8,10-13H2,(H,24,26)/t17-/m0/s1. The molecule has 5 nitrogen and oxygen atoms in total. The van der Waals surface area contributed by atoms with Crippen LogP contribution < -0.4 is 5.32 Å². The average Bonchev–Trinajstić information content (AvgIpc) is 3.18. The van der Waals surface area contributed by atoms with Crippen molar-refractivity contribution in [3.8, 4) is 0 Å². The fourth-order valence-corrected chi connectivity index (χ4v) is 5.30. The first-order valence-electron chi connectivity index (χ1n) is 10.3. The van der Waals surface area contributed by atoms with E-state index in [1.807, 2.05) is 29.3 Å². The Hall–Kier alpha value is -2.21.